The van der Waals surface area contributed by atoms with E-state index in [4.69, 9.17) is 24.5 Å². The lowest BCUT2D eigenvalue weighted by atomic mass is 9.93. The van der Waals surface area contributed by atoms with Gasteiger partial charge < -0.3 is 29.6 Å². The van der Waals surface area contributed by atoms with Crippen LogP contribution in [0.4, 0.5) is 13.2 Å². The number of aryl methyl sites for hydroxylation is 2. The van der Waals surface area contributed by atoms with Gasteiger partial charge in [-0.05, 0) is 61.1 Å². The molecule has 0 aromatic heterocycles. The van der Waals surface area contributed by atoms with Gasteiger partial charge in [0.2, 0.25) is 0 Å². The van der Waals surface area contributed by atoms with Crippen LogP contribution in [0.1, 0.15) is 29.5 Å². The molecule has 0 radical (unpaired) electrons. The Kier molecular flexibility index (Phi) is 10.7. The van der Waals surface area contributed by atoms with Crippen LogP contribution in [-0.4, -0.2) is 44.7 Å². The van der Waals surface area contributed by atoms with Crippen LogP contribution in [0.3, 0.4) is 0 Å². The molecule has 3 N–H and O–H groups in total. The lowest BCUT2D eigenvalue weighted by molar-refractivity contribution is -0.139. The van der Waals surface area contributed by atoms with Gasteiger partial charge in [0.15, 0.2) is 20.2 Å². The third kappa shape index (κ3) is 8.20. The van der Waals surface area contributed by atoms with Crippen LogP contribution in [-0.2, 0) is 28.1 Å². The van der Waals surface area contributed by atoms with Crippen LogP contribution in [0.2, 0.25) is 0 Å². The first-order chi connectivity index (χ1) is 16.2. The summed E-state index contributed by atoms with van der Waals surface area (Å²) in [6, 6.07) is 9.32. The standard InChI is InChI=1S/C23H31F3NO6P/c1-30-20-8-6-16(13-21(20)31-2)4-3-11-32-19-7-5-17(12-18(19)23(24,25)26)9-10-22(27,14-28)15-33-34-29/h5-8,12-13,28H,3-4,9-11,14-15,27,34H2,1-2H3. The first-order valence-corrected chi connectivity index (χ1v) is 11.6. The molecule has 34 heavy (non-hydrogen) atoms. The van der Waals surface area contributed by atoms with E-state index in [0.717, 1.165) is 11.6 Å². The maximum atomic E-state index is 13.6. The maximum Gasteiger partial charge on any atom is 0.419 e. The van der Waals surface area contributed by atoms with Crippen LogP contribution < -0.4 is 19.9 Å². The van der Waals surface area contributed by atoms with E-state index in [0.29, 0.717) is 29.9 Å². The molecule has 2 unspecified atom stereocenters. The molecule has 0 heterocycles. The number of hydrogen-bond acceptors (Lipinski definition) is 7. The average molecular weight is 505 g/mol. The van der Waals surface area contributed by atoms with E-state index in [9.17, 15) is 22.8 Å². The normalized spacial score (nSPS) is 13.7. The highest BCUT2D eigenvalue weighted by atomic mass is 31.1. The highest BCUT2D eigenvalue weighted by Gasteiger charge is 2.35. The number of methoxy groups -OCH3 is 2. The number of aliphatic hydroxyl groups excluding tert-OH is 1. The molecule has 7 nitrogen and oxygen atoms in total. The van der Waals surface area contributed by atoms with Crippen LogP contribution in [0.25, 0.3) is 0 Å². The van der Waals surface area contributed by atoms with Crippen molar-refractivity contribution in [1.29, 1.82) is 0 Å². The minimum atomic E-state index is -4.60. The smallest absolute Gasteiger partial charge is 0.419 e. The molecule has 0 saturated carbocycles. The van der Waals surface area contributed by atoms with Gasteiger partial charge in [0.05, 0.1) is 45.1 Å². The second-order valence-corrected chi connectivity index (χ2v) is 8.42. The van der Waals surface area contributed by atoms with Crippen LogP contribution in [0.15, 0.2) is 36.4 Å². The molecule has 11 heteroatoms. The Morgan fingerprint density at radius 3 is 2.21 bits per heavy atom. The van der Waals surface area contributed by atoms with Gasteiger partial charge in [-0.15, -0.1) is 0 Å². The Morgan fingerprint density at radius 1 is 0.971 bits per heavy atom. The van der Waals surface area contributed by atoms with Gasteiger partial charge in [-0.25, -0.2) is 0 Å². The summed E-state index contributed by atoms with van der Waals surface area (Å²) in [5.74, 6) is 0.935. The summed E-state index contributed by atoms with van der Waals surface area (Å²) >= 11 is 0. The fraction of sp³-hybridized carbons (Fsp3) is 0.478. The number of nitrogens with two attached hydrogens (primary N) is 1. The van der Waals surface area contributed by atoms with Gasteiger partial charge in [-0.2, -0.15) is 13.2 Å². The summed E-state index contributed by atoms with van der Waals surface area (Å²) in [5, 5.41) is 9.47. The van der Waals surface area contributed by atoms with E-state index in [1.165, 1.54) is 26.4 Å². The fourth-order valence-corrected chi connectivity index (χ4v) is 3.76. The second-order valence-electron chi connectivity index (χ2n) is 7.90. The molecule has 0 amide bonds. The topological polar surface area (TPSA) is 100 Å². The zero-order valence-corrected chi connectivity index (χ0v) is 20.3. The number of benzene rings is 2. The molecule has 0 bridgehead atoms. The summed E-state index contributed by atoms with van der Waals surface area (Å²) < 4.78 is 72.2. The Bertz CT molecular complexity index is 943. The van der Waals surface area contributed by atoms with Crippen molar-refractivity contribution in [2.24, 2.45) is 5.73 Å². The predicted octanol–water partition coefficient (Wildman–Crippen LogP) is 4.04. The molecule has 0 fully saturated rings. The second kappa shape index (κ2) is 13.0. The van der Waals surface area contributed by atoms with Crippen molar-refractivity contribution in [2.45, 2.75) is 37.4 Å². The van der Waals surface area contributed by atoms with E-state index < -0.39 is 32.6 Å². The van der Waals surface area contributed by atoms with Gasteiger partial charge >= 0.3 is 6.18 Å². The largest absolute Gasteiger partial charge is 0.493 e. The SMILES string of the molecule is COc1ccc(CCCOc2ccc(CCC(N)(CO)CO[PH2]=O)cc2C(F)(F)F)cc1OC. The molecule has 0 aliphatic rings. The Balaban J connectivity index is 2.02. The van der Waals surface area contributed by atoms with Crippen molar-refractivity contribution in [1.82, 2.24) is 0 Å². The lowest BCUT2D eigenvalue weighted by Gasteiger charge is -2.26. The van der Waals surface area contributed by atoms with Crippen molar-refractivity contribution in [3.63, 3.8) is 0 Å². The summed E-state index contributed by atoms with van der Waals surface area (Å²) in [6.45, 7) is -0.488. The number of aliphatic hydroxyl groups is 1. The van der Waals surface area contributed by atoms with Crippen molar-refractivity contribution >= 4 is 8.69 Å². The van der Waals surface area contributed by atoms with E-state index in [1.807, 2.05) is 12.1 Å². The summed E-state index contributed by atoms with van der Waals surface area (Å²) in [6.07, 6.45) is -3.17. The van der Waals surface area contributed by atoms with Gasteiger partial charge in [-0.3, -0.25) is 4.57 Å². The molecule has 2 atom stereocenters. The number of ether oxygens (including phenoxy) is 3. The van der Waals surface area contributed by atoms with E-state index in [1.54, 1.807) is 6.07 Å². The molecule has 2 rings (SSSR count). The molecule has 0 aliphatic heterocycles. The average Bonchev–Trinajstić information content (AvgIpc) is 2.83. The first-order valence-electron chi connectivity index (χ1n) is 10.6. The van der Waals surface area contributed by atoms with E-state index in [-0.39, 0.29) is 31.8 Å². The van der Waals surface area contributed by atoms with Gasteiger partial charge in [0, 0.05) is 0 Å². The Labute approximate surface area is 198 Å². The maximum absolute atomic E-state index is 13.6. The van der Waals surface area contributed by atoms with Crippen molar-refractivity contribution < 1.29 is 41.6 Å². The zero-order valence-electron chi connectivity index (χ0n) is 19.2. The van der Waals surface area contributed by atoms with Crippen molar-refractivity contribution in [3.05, 3.63) is 53.1 Å². The summed E-state index contributed by atoms with van der Waals surface area (Å²) in [7, 11) is 1.59. The van der Waals surface area contributed by atoms with Crippen molar-refractivity contribution in [3.8, 4) is 17.2 Å². The number of alkyl halides is 3. The minimum Gasteiger partial charge on any atom is -0.493 e. The first kappa shape index (κ1) is 28.0. The lowest BCUT2D eigenvalue weighted by Crippen LogP contribution is -2.47. The highest BCUT2D eigenvalue weighted by molar-refractivity contribution is 7.17. The molecule has 0 aliphatic carbocycles. The molecule has 0 spiro atoms. The molecule has 0 saturated heterocycles. The van der Waals surface area contributed by atoms with Gasteiger partial charge in [0.1, 0.15) is 5.75 Å². The summed E-state index contributed by atoms with van der Waals surface area (Å²) in [5.41, 5.74) is 5.27. The Hall–Kier alpha value is -2.26. The van der Waals surface area contributed by atoms with Crippen LogP contribution in [0, 0.1) is 0 Å². The highest BCUT2D eigenvalue weighted by Crippen LogP contribution is 2.37. The number of hydrogen-bond donors (Lipinski definition) is 2. The molecular formula is C23H31F3NO6P. The molecule has 190 valence electrons. The zero-order chi connectivity index (χ0) is 25.2. The van der Waals surface area contributed by atoms with Crippen LogP contribution in [0.5, 0.6) is 17.2 Å². The van der Waals surface area contributed by atoms with E-state index in [2.05, 4.69) is 0 Å². The predicted molar refractivity (Wildman–Crippen MR) is 123 cm³/mol. The number of halogens is 3. The fourth-order valence-electron chi connectivity index (χ4n) is 3.36. The molecule has 2 aromatic carbocycles. The molecule has 2 aromatic rings. The van der Waals surface area contributed by atoms with Gasteiger partial charge in [-0.1, -0.05) is 12.1 Å². The van der Waals surface area contributed by atoms with E-state index >= 15 is 0 Å². The minimum absolute atomic E-state index is 0.0993. The quantitative estimate of drug-likeness (QED) is 0.295. The third-order valence-electron chi connectivity index (χ3n) is 5.33. The van der Waals surface area contributed by atoms with Crippen molar-refractivity contribution in [2.75, 3.05) is 34.0 Å². The van der Waals surface area contributed by atoms with Crippen LogP contribution >= 0.6 is 8.69 Å². The van der Waals surface area contributed by atoms with Gasteiger partial charge in [0.25, 0.3) is 0 Å². The third-order valence-corrected chi connectivity index (χ3v) is 5.63. The Morgan fingerprint density at radius 2 is 1.62 bits per heavy atom. The summed E-state index contributed by atoms with van der Waals surface area (Å²) in [4.78, 5) is 0. The monoisotopic (exact) mass is 505 g/mol. The molecular weight excluding hydrogens is 474 g/mol. The number of rotatable bonds is 14.